The van der Waals surface area contributed by atoms with Crippen molar-refractivity contribution in [2.75, 3.05) is 12.0 Å². The maximum atomic E-state index is 11.2. The summed E-state index contributed by atoms with van der Waals surface area (Å²) in [7, 11) is -2.84. The number of nitrogens with one attached hydrogen (secondary N) is 1. The molecule has 2 aliphatic carbocycles. The van der Waals surface area contributed by atoms with Gasteiger partial charge in [-0.05, 0) is 51.4 Å². The van der Waals surface area contributed by atoms with Crippen molar-refractivity contribution in [1.29, 1.82) is 0 Å². The summed E-state index contributed by atoms with van der Waals surface area (Å²) in [6, 6.07) is 0.628. The normalized spacial score (nSPS) is 33.2. The molecule has 100 valence electrons. The van der Waals surface area contributed by atoms with Crippen LogP contribution in [0.5, 0.6) is 0 Å². The third-order valence-electron chi connectivity index (χ3n) is 4.41. The summed E-state index contributed by atoms with van der Waals surface area (Å²) in [4.78, 5) is 0. The van der Waals surface area contributed by atoms with Crippen LogP contribution < -0.4 is 5.32 Å². The number of sulfone groups is 1. The highest BCUT2D eigenvalue weighted by atomic mass is 32.2. The average molecular weight is 259 g/mol. The van der Waals surface area contributed by atoms with E-state index in [1.165, 1.54) is 31.9 Å². The van der Waals surface area contributed by atoms with Gasteiger partial charge < -0.3 is 5.32 Å². The summed E-state index contributed by atoms with van der Waals surface area (Å²) >= 11 is 0. The first kappa shape index (κ1) is 13.3. The molecule has 0 radical (unpaired) electrons. The van der Waals surface area contributed by atoms with Gasteiger partial charge in [0, 0.05) is 17.8 Å². The Labute approximate surface area is 105 Å². The van der Waals surface area contributed by atoms with Crippen molar-refractivity contribution in [3.8, 4) is 0 Å². The van der Waals surface area contributed by atoms with Gasteiger partial charge in [-0.25, -0.2) is 8.42 Å². The van der Waals surface area contributed by atoms with Crippen LogP contribution in [0.4, 0.5) is 0 Å². The van der Waals surface area contributed by atoms with Crippen molar-refractivity contribution in [3.05, 3.63) is 0 Å². The minimum Gasteiger partial charge on any atom is -0.309 e. The molecule has 0 aromatic heterocycles. The van der Waals surface area contributed by atoms with Crippen LogP contribution in [0.25, 0.3) is 0 Å². The summed E-state index contributed by atoms with van der Waals surface area (Å²) in [5, 5.41) is 3.69. The first-order valence-electron chi connectivity index (χ1n) is 6.71. The van der Waals surface area contributed by atoms with Gasteiger partial charge in [0.15, 0.2) is 0 Å². The standard InChI is InChI=1S/C13H25NO2S/c1-13(2,6-7-17(3,15)16)14-12-9-10-4-5-11(12)8-10/h10-12,14H,4-9H2,1-3H3/t10-,11-,12-/m0/s1. The van der Waals surface area contributed by atoms with Crippen molar-refractivity contribution >= 4 is 9.84 Å². The minimum atomic E-state index is -2.84. The first-order valence-corrected chi connectivity index (χ1v) is 8.77. The van der Waals surface area contributed by atoms with Crippen molar-refractivity contribution in [2.45, 2.75) is 57.5 Å². The minimum absolute atomic E-state index is 0.0573. The van der Waals surface area contributed by atoms with Crippen LogP contribution in [0.3, 0.4) is 0 Å². The molecular formula is C13H25NO2S. The molecule has 0 aromatic rings. The lowest BCUT2D eigenvalue weighted by atomic mass is 9.91. The Kier molecular flexibility index (Phi) is 3.56. The highest BCUT2D eigenvalue weighted by Crippen LogP contribution is 2.45. The molecule has 2 saturated carbocycles. The summed E-state index contributed by atoms with van der Waals surface area (Å²) in [5.41, 5.74) is -0.0573. The second-order valence-corrected chi connectivity index (χ2v) is 8.95. The Bertz CT molecular complexity index is 375. The summed E-state index contributed by atoms with van der Waals surface area (Å²) in [6.45, 7) is 4.26. The molecule has 0 spiro atoms. The number of fused-ring (bicyclic) bond motifs is 2. The largest absolute Gasteiger partial charge is 0.309 e. The van der Waals surface area contributed by atoms with E-state index < -0.39 is 9.84 Å². The van der Waals surface area contributed by atoms with Gasteiger partial charge in [0.05, 0.1) is 5.75 Å². The fraction of sp³-hybridized carbons (Fsp3) is 1.00. The Morgan fingerprint density at radius 3 is 2.41 bits per heavy atom. The molecule has 3 atom stereocenters. The third kappa shape index (κ3) is 3.68. The molecule has 0 saturated heterocycles. The van der Waals surface area contributed by atoms with Gasteiger partial charge in [-0.15, -0.1) is 0 Å². The Morgan fingerprint density at radius 2 is 1.94 bits per heavy atom. The van der Waals surface area contributed by atoms with Gasteiger partial charge in [0.2, 0.25) is 0 Å². The number of rotatable bonds is 5. The van der Waals surface area contributed by atoms with E-state index in [1.807, 2.05) is 0 Å². The van der Waals surface area contributed by atoms with Crippen LogP contribution in [0.2, 0.25) is 0 Å². The lowest BCUT2D eigenvalue weighted by Crippen LogP contribution is -2.48. The monoisotopic (exact) mass is 259 g/mol. The van der Waals surface area contributed by atoms with Crippen LogP contribution in [0, 0.1) is 11.8 Å². The van der Waals surface area contributed by atoms with Gasteiger partial charge in [0.1, 0.15) is 9.84 Å². The van der Waals surface area contributed by atoms with Crippen molar-refractivity contribution in [2.24, 2.45) is 11.8 Å². The molecule has 2 bridgehead atoms. The van der Waals surface area contributed by atoms with E-state index in [-0.39, 0.29) is 11.3 Å². The Balaban J connectivity index is 1.85. The Morgan fingerprint density at radius 1 is 1.24 bits per heavy atom. The predicted molar refractivity (Wildman–Crippen MR) is 70.8 cm³/mol. The quantitative estimate of drug-likeness (QED) is 0.821. The zero-order valence-corrected chi connectivity index (χ0v) is 12.0. The molecule has 2 aliphatic rings. The number of hydrogen-bond acceptors (Lipinski definition) is 3. The van der Waals surface area contributed by atoms with Crippen molar-refractivity contribution < 1.29 is 8.42 Å². The van der Waals surface area contributed by atoms with Gasteiger partial charge in [-0.1, -0.05) is 6.42 Å². The summed E-state index contributed by atoms with van der Waals surface area (Å²) in [6.07, 6.45) is 7.49. The zero-order chi connectivity index (χ0) is 12.7. The van der Waals surface area contributed by atoms with E-state index in [2.05, 4.69) is 19.2 Å². The fourth-order valence-corrected chi connectivity index (χ4v) is 4.32. The van der Waals surface area contributed by atoms with E-state index in [1.54, 1.807) is 0 Å². The van der Waals surface area contributed by atoms with Crippen LogP contribution in [0.1, 0.15) is 46.0 Å². The van der Waals surface area contributed by atoms with Crippen LogP contribution in [-0.2, 0) is 9.84 Å². The SMILES string of the molecule is CC(C)(CCS(C)(=O)=O)N[C@H]1C[C@H]2CC[C@H]1C2. The molecule has 0 aliphatic heterocycles. The van der Waals surface area contributed by atoms with Gasteiger partial charge in [-0.2, -0.15) is 0 Å². The molecule has 3 nitrogen and oxygen atoms in total. The van der Waals surface area contributed by atoms with Crippen molar-refractivity contribution in [1.82, 2.24) is 5.32 Å². The second-order valence-electron chi connectivity index (χ2n) is 6.69. The summed E-state index contributed by atoms with van der Waals surface area (Å²) < 4.78 is 22.4. The van der Waals surface area contributed by atoms with E-state index in [0.29, 0.717) is 12.5 Å². The molecular weight excluding hydrogens is 234 g/mol. The van der Waals surface area contributed by atoms with E-state index in [9.17, 15) is 8.42 Å². The predicted octanol–water partition coefficient (Wildman–Crippen LogP) is 1.98. The second kappa shape index (κ2) is 4.54. The molecule has 2 rings (SSSR count). The summed E-state index contributed by atoms with van der Waals surface area (Å²) in [5.74, 6) is 2.06. The molecule has 17 heavy (non-hydrogen) atoms. The van der Waals surface area contributed by atoms with E-state index >= 15 is 0 Å². The number of hydrogen-bond donors (Lipinski definition) is 1. The molecule has 0 amide bonds. The first-order chi connectivity index (χ1) is 7.75. The van der Waals surface area contributed by atoms with E-state index in [0.717, 1.165) is 11.8 Å². The van der Waals surface area contributed by atoms with Crippen LogP contribution >= 0.6 is 0 Å². The molecule has 4 heteroatoms. The highest BCUT2D eigenvalue weighted by molar-refractivity contribution is 7.90. The van der Waals surface area contributed by atoms with Gasteiger partial charge in [-0.3, -0.25) is 0 Å². The third-order valence-corrected chi connectivity index (χ3v) is 5.36. The van der Waals surface area contributed by atoms with Crippen LogP contribution in [0.15, 0.2) is 0 Å². The fourth-order valence-electron chi connectivity index (χ4n) is 3.44. The van der Waals surface area contributed by atoms with Gasteiger partial charge in [0.25, 0.3) is 0 Å². The zero-order valence-electron chi connectivity index (χ0n) is 11.2. The smallest absolute Gasteiger partial charge is 0.147 e. The molecule has 1 N–H and O–H groups in total. The highest BCUT2D eigenvalue weighted by Gasteiger charge is 2.41. The molecule has 0 heterocycles. The van der Waals surface area contributed by atoms with Gasteiger partial charge >= 0.3 is 0 Å². The van der Waals surface area contributed by atoms with Crippen molar-refractivity contribution in [3.63, 3.8) is 0 Å². The van der Waals surface area contributed by atoms with E-state index in [4.69, 9.17) is 0 Å². The lowest BCUT2D eigenvalue weighted by Gasteiger charge is -2.34. The maximum Gasteiger partial charge on any atom is 0.147 e. The molecule has 2 fully saturated rings. The topological polar surface area (TPSA) is 46.2 Å². The Hall–Kier alpha value is -0.0900. The molecule has 0 unspecified atom stereocenters. The van der Waals surface area contributed by atoms with Crippen LogP contribution in [-0.4, -0.2) is 32.0 Å². The average Bonchev–Trinajstić information content (AvgIpc) is 2.74. The maximum absolute atomic E-state index is 11.2. The molecule has 0 aromatic carbocycles. The lowest BCUT2D eigenvalue weighted by molar-refractivity contribution is 0.260.